The minimum absolute atomic E-state index is 0. The molecular weight excluding hydrogens is 272 g/mol. The zero-order valence-electron chi connectivity index (χ0n) is 10.5. The van der Waals surface area contributed by atoms with E-state index in [2.05, 4.69) is 4.74 Å². The van der Waals surface area contributed by atoms with Gasteiger partial charge in [-0.2, -0.15) is 0 Å². The van der Waals surface area contributed by atoms with Gasteiger partial charge in [0.2, 0.25) is 0 Å². The van der Waals surface area contributed by atoms with E-state index in [1.807, 2.05) is 0 Å². The summed E-state index contributed by atoms with van der Waals surface area (Å²) in [6.07, 6.45) is 0. The van der Waals surface area contributed by atoms with Crippen molar-refractivity contribution in [1.29, 1.82) is 0 Å². The predicted molar refractivity (Wildman–Crippen MR) is 72.2 cm³/mol. The van der Waals surface area contributed by atoms with Crippen LogP contribution in [0.4, 0.5) is 5.69 Å². The molecule has 0 spiro atoms. The van der Waals surface area contributed by atoms with Gasteiger partial charge in [-0.25, -0.2) is 0 Å². The van der Waals surface area contributed by atoms with Crippen molar-refractivity contribution >= 4 is 30.0 Å². The van der Waals surface area contributed by atoms with Gasteiger partial charge in [0.25, 0.3) is 0 Å². The fourth-order valence-corrected chi connectivity index (χ4v) is 1.27. The van der Waals surface area contributed by atoms with E-state index in [0.717, 1.165) is 5.56 Å². The van der Waals surface area contributed by atoms with Gasteiger partial charge >= 0.3 is 11.9 Å². The highest BCUT2D eigenvalue weighted by Gasteiger charge is 2.24. The van der Waals surface area contributed by atoms with Crippen molar-refractivity contribution in [2.45, 2.75) is 13.5 Å². The molecule has 0 aromatic heterocycles. The van der Waals surface area contributed by atoms with Crippen LogP contribution < -0.4 is 11.5 Å². The molecule has 0 aliphatic heterocycles. The van der Waals surface area contributed by atoms with Gasteiger partial charge in [0.05, 0.1) is 0 Å². The molecule has 0 radical (unpaired) electrons. The summed E-state index contributed by atoms with van der Waals surface area (Å²) in [5.41, 5.74) is 12.0. The van der Waals surface area contributed by atoms with Crippen molar-refractivity contribution in [2.24, 2.45) is 11.7 Å². The summed E-state index contributed by atoms with van der Waals surface area (Å²) in [7, 11) is 0. The second kappa shape index (κ2) is 8.34. The first kappa shape index (κ1) is 17.2. The Bertz CT molecular complexity index is 439. The van der Waals surface area contributed by atoms with Crippen LogP contribution in [0, 0.1) is 5.92 Å². The summed E-state index contributed by atoms with van der Waals surface area (Å²) in [6, 6.07) is 6.94. The Morgan fingerprint density at radius 2 is 1.89 bits per heavy atom. The SMILES string of the molecule is CC(C(=O)OCN)C(=O)OCc1cccc(N)c1.Cl. The maximum Gasteiger partial charge on any atom is 0.321 e. The Morgan fingerprint density at radius 3 is 2.47 bits per heavy atom. The molecule has 4 N–H and O–H groups in total. The highest BCUT2D eigenvalue weighted by Crippen LogP contribution is 2.09. The van der Waals surface area contributed by atoms with Crippen LogP contribution >= 0.6 is 12.4 Å². The summed E-state index contributed by atoms with van der Waals surface area (Å²) < 4.78 is 9.49. The van der Waals surface area contributed by atoms with Gasteiger partial charge in [0.1, 0.15) is 13.3 Å². The normalized spacial score (nSPS) is 11.1. The quantitative estimate of drug-likeness (QED) is 0.360. The van der Waals surface area contributed by atoms with E-state index in [0.29, 0.717) is 5.69 Å². The first-order chi connectivity index (χ1) is 8.54. The van der Waals surface area contributed by atoms with Crippen LogP contribution in [0.15, 0.2) is 24.3 Å². The molecule has 1 atom stereocenters. The third kappa shape index (κ3) is 5.58. The summed E-state index contributed by atoms with van der Waals surface area (Å²) in [5.74, 6) is -2.35. The molecule has 1 rings (SSSR count). The van der Waals surface area contributed by atoms with Gasteiger partial charge in [-0.15, -0.1) is 12.4 Å². The average molecular weight is 289 g/mol. The van der Waals surface area contributed by atoms with Crippen LogP contribution in [-0.4, -0.2) is 18.7 Å². The number of halogens is 1. The van der Waals surface area contributed by atoms with E-state index in [9.17, 15) is 9.59 Å². The predicted octanol–water partition coefficient (Wildman–Crippen LogP) is 0.829. The number of hydrogen-bond donors (Lipinski definition) is 2. The summed E-state index contributed by atoms with van der Waals surface area (Å²) in [5, 5.41) is 0. The number of ether oxygens (including phenoxy) is 2. The van der Waals surface area contributed by atoms with Crippen molar-refractivity contribution in [3.05, 3.63) is 29.8 Å². The van der Waals surface area contributed by atoms with Crippen molar-refractivity contribution in [3.8, 4) is 0 Å². The van der Waals surface area contributed by atoms with Crippen LogP contribution in [0.25, 0.3) is 0 Å². The molecule has 19 heavy (non-hydrogen) atoms. The first-order valence-corrected chi connectivity index (χ1v) is 5.42. The fraction of sp³-hybridized carbons (Fsp3) is 0.333. The maximum atomic E-state index is 11.5. The largest absolute Gasteiger partial charge is 0.460 e. The molecule has 0 amide bonds. The fourth-order valence-electron chi connectivity index (χ4n) is 1.27. The van der Waals surface area contributed by atoms with E-state index in [-0.39, 0.29) is 25.7 Å². The van der Waals surface area contributed by atoms with Crippen LogP contribution in [0.3, 0.4) is 0 Å². The highest BCUT2D eigenvalue weighted by atomic mass is 35.5. The number of esters is 2. The van der Waals surface area contributed by atoms with Gasteiger partial charge in [-0.05, 0) is 24.6 Å². The van der Waals surface area contributed by atoms with Crippen LogP contribution in [-0.2, 0) is 25.7 Å². The molecule has 1 unspecified atom stereocenters. The highest BCUT2D eigenvalue weighted by molar-refractivity contribution is 5.94. The number of nitrogens with two attached hydrogens (primary N) is 2. The van der Waals surface area contributed by atoms with Crippen molar-refractivity contribution in [2.75, 3.05) is 12.5 Å². The number of anilines is 1. The number of nitrogen functional groups attached to an aromatic ring is 1. The number of hydrogen-bond acceptors (Lipinski definition) is 6. The van der Waals surface area contributed by atoms with Gasteiger partial charge in [-0.3, -0.25) is 15.3 Å². The number of carbonyl (C=O) groups is 2. The number of carbonyl (C=O) groups excluding carboxylic acids is 2. The molecule has 0 bridgehead atoms. The van der Waals surface area contributed by atoms with Crippen molar-refractivity contribution in [1.82, 2.24) is 0 Å². The molecular formula is C12H17ClN2O4. The molecule has 0 aliphatic rings. The Kier molecular flexibility index (Phi) is 7.55. The Balaban J connectivity index is 0.00000324. The lowest BCUT2D eigenvalue weighted by molar-refractivity contribution is -0.161. The van der Waals surface area contributed by atoms with Crippen molar-refractivity contribution in [3.63, 3.8) is 0 Å². The summed E-state index contributed by atoms with van der Waals surface area (Å²) >= 11 is 0. The van der Waals surface area contributed by atoms with Crippen LogP contribution in [0.1, 0.15) is 12.5 Å². The molecule has 6 nitrogen and oxygen atoms in total. The van der Waals surface area contributed by atoms with Gasteiger partial charge in [-0.1, -0.05) is 12.1 Å². The molecule has 1 aromatic rings. The van der Waals surface area contributed by atoms with Gasteiger partial charge in [0, 0.05) is 5.69 Å². The second-order valence-corrected chi connectivity index (χ2v) is 3.70. The second-order valence-electron chi connectivity index (χ2n) is 3.70. The Labute approximate surface area is 117 Å². The van der Waals surface area contributed by atoms with Gasteiger partial charge in [0.15, 0.2) is 5.92 Å². The lowest BCUT2D eigenvalue weighted by Gasteiger charge is -2.10. The van der Waals surface area contributed by atoms with E-state index in [1.165, 1.54) is 6.92 Å². The minimum atomic E-state index is -0.991. The maximum absolute atomic E-state index is 11.5. The molecule has 0 fully saturated rings. The standard InChI is InChI=1S/C12H16N2O4.ClH/c1-8(12(16)18-7-13)11(15)17-6-9-3-2-4-10(14)5-9;/h2-5,8H,6-7,13-14H2,1H3;1H. The van der Waals surface area contributed by atoms with E-state index < -0.39 is 17.9 Å². The molecule has 0 saturated heterocycles. The van der Waals surface area contributed by atoms with E-state index >= 15 is 0 Å². The zero-order chi connectivity index (χ0) is 13.5. The van der Waals surface area contributed by atoms with E-state index in [1.54, 1.807) is 24.3 Å². The smallest absolute Gasteiger partial charge is 0.321 e. The van der Waals surface area contributed by atoms with Crippen LogP contribution in [0.5, 0.6) is 0 Å². The van der Waals surface area contributed by atoms with Gasteiger partial charge < -0.3 is 15.2 Å². The average Bonchev–Trinajstić information content (AvgIpc) is 2.35. The molecule has 0 heterocycles. The third-order valence-corrected chi connectivity index (χ3v) is 2.26. The van der Waals surface area contributed by atoms with Crippen molar-refractivity contribution < 1.29 is 19.1 Å². The summed E-state index contributed by atoms with van der Waals surface area (Å²) in [4.78, 5) is 22.7. The molecule has 0 saturated carbocycles. The molecule has 0 aliphatic carbocycles. The Morgan fingerprint density at radius 1 is 1.26 bits per heavy atom. The lowest BCUT2D eigenvalue weighted by Crippen LogP contribution is -2.27. The van der Waals surface area contributed by atoms with E-state index in [4.69, 9.17) is 16.2 Å². The lowest BCUT2D eigenvalue weighted by atomic mass is 10.2. The Hall–Kier alpha value is -1.79. The zero-order valence-corrected chi connectivity index (χ0v) is 11.3. The number of rotatable bonds is 5. The molecule has 7 heteroatoms. The monoisotopic (exact) mass is 288 g/mol. The number of benzene rings is 1. The minimum Gasteiger partial charge on any atom is -0.460 e. The topological polar surface area (TPSA) is 105 Å². The molecule has 1 aromatic carbocycles. The first-order valence-electron chi connectivity index (χ1n) is 5.42. The van der Waals surface area contributed by atoms with Crippen LogP contribution in [0.2, 0.25) is 0 Å². The third-order valence-electron chi connectivity index (χ3n) is 2.26. The summed E-state index contributed by atoms with van der Waals surface area (Å²) in [6.45, 7) is 1.20. The molecule has 106 valence electrons.